The highest BCUT2D eigenvalue weighted by Gasteiger charge is 2.49. The Hall–Kier alpha value is -4.06. The van der Waals surface area contributed by atoms with Gasteiger partial charge in [0.05, 0.1) is 20.4 Å². The van der Waals surface area contributed by atoms with Crippen molar-refractivity contribution in [1.29, 1.82) is 5.26 Å². The van der Waals surface area contributed by atoms with Crippen molar-refractivity contribution in [2.75, 3.05) is 20.8 Å². The van der Waals surface area contributed by atoms with Crippen LogP contribution in [0.15, 0.2) is 47.6 Å². The topological polar surface area (TPSA) is 113 Å². The molecule has 0 spiro atoms. The molecule has 0 saturated carbocycles. The van der Waals surface area contributed by atoms with Crippen LogP contribution >= 0.6 is 0 Å². The van der Waals surface area contributed by atoms with E-state index in [1.54, 1.807) is 56.5 Å². The maximum Gasteiger partial charge on any atom is 0.346 e. The van der Waals surface area contributed by atoms with Gasteiger partial charge in [-0.05, 0) is 48.4 Å². The van der Waals surface area contributed by atoms with E-state index in [1.807, 2.05) is 6.07 Å². The Kier molecular flexibility index (Phi) is 5.88. The monoisotopic (exact) mass is 408 g/mol. The third-order valence-corrected chi connectivity index (χ3v) is 4.64. The van der Waals surface area contributed by atoms with Gasteiger partial charge in [-0.1, -0.05) is 12.1 Å². The molecule has 1 heterocycles. The second-order valence-corrected chi connectivity index (χ2v) is 6.50. The van der Waals surface area contributed by atoms with Gasteiger partial charge in [-0.2, -0.15) is 10.4 Å². The minimum absolute atomic E-state index is 0.115. The van der Waals surface area contributed by atoms with Gasteiger partial charge in [0.2, 0.25) is 0 Å². The second-order valence-electron chi connectivity index (χ2n) is 6.50. The standard InChI is InChI=1S/C21H20N4O5/c1-21(15-5-7-16(28-2)8-6-15)19(26)25(20(27)24-21)23-13-14-4-9-17(30-11-10-22)18(12-14)29-3/h4-9,12-13H,11H2,1-3H3,(H,24,27)/b23-13-/t21-/m0/s1. The zero-order valence-electron chi connectivity index (χ0n) is 16.7. The van der Waals surface area contributed by atoms with Crippen molar-refractivity contribution in [3.05, 3.63) is 53.6 Å². The summed E-state index contributed by atoms with van der Waals surface area (Å²) in [6, 6.07) is 13.0. The fourth-order valence-corrected chi connectivity index (χ4v) is 2.97. The molecule has 1 aliphatic heterocycles. The van der Waals surface area contributed by atoms with Crippen LogP contribution in [0.4, 0.5) is 4.79 Å². The summed E-state index contributed by atoms with van der Waals surface area (Å²) in [5.41, 5.74) is -0.0530. The molecule has 0 unspecified atom stereocenters. The molecule has 0 bridgehead atoms. The fraction of sp³-hybridized carbons (Fsp3) is 0.238. The lowest BCUT2D eigenvalue weighted by molar-refractivity contribution is -0.131. The lowest BCUT2D eigenvalue weighted by Crippen LogP contribution is -2.40. The average Bonchev–Trinajstić information content (AvgIpc) is 2.99. The SMILES string of the molecule is COc1ccc([C@]2(C)NC(=O)N(/N=C\c3ccc(OCC#N)c(OC)c3)C2=O)cc1. The normalized spacial score (nSPS) is 18.3. The molecule has 1 fully saturated rings. The number of carbonyl (C=O) groups excluding carboxylic acids is 2. The predicted octanol–water partition coefficient (Wildman–Crippen LogP) is 2.41. The van der Waals surface area contributed by atoms with Crippen LogP contribution in [0, 0.1) is 11.3 Å². The number of nitriles is 1. The van der Waals surface area contributed by atoms with Gasteiger partial charge < -0.3 is 19.5 Å². The molecule has 3 amide bonds. The minimum atomic E-state index is -1.24. The van der Waals surface area contributed by atoms with Crippen molar-refractivity contribution in [3.63, 3.8) is 0 Å². The third kappa shape index (κ3) is 3.89. The quantitative estimate of drug-likeness (QED) is 0.556. The van der Waals surface area contributed by atoms with E-state index in [0.29, 0.717) is 28.4 Å². The van der Waals surface area contributed by atoms with Gasteiger partial charge in [0.15, 0.2) is 18.1 Å². The van der Waals surface area contributed by atoms with Crippen LogP contribution in [-0.4, -0.2) is 44.0 Å². The van der Waals surface area contributed by atoms with Gasteiger partial charge in [0.1, 0.15) is 17.4 Å². The smallest absolute Gasteiger partial charge is 0.346 e. The number of methoxy groups -OCH3 is 2. The first-order valence-corrected chi connectivity index (χ1v) is 8.96. The Balaban J connectivity index is 1.81. The summed E-state index contributed by atoms with van der Waals surface area (Å²) in [7, 11) is 3.01. The highest BCUT2D eigenvalue weighted by molar-refractivity contribution is 6.07. The number of urea groups is 1. The number of nitrogens with zero attached hydrogens (tertiary/aromatic N) is 3. The summed E-state index contributed by atoms with van der Waals surface area (Å²) in [6.07, 6.45) is 1.37. The summed E-state index contributed by atoms with van der Waals surface area (Å²) in [5.74, 6) is 0.938. The zero-order valence-corrected chi connectivity index (χ0v) is 16.7. The molecule has 0 aromatic heterocycles. The number of nitrogens with one attached hydrogen (secondary N) is 1. The van der Waals surface area contributed by atoms with E-state index in [4.69, 9.17) is 19.5 Å². The molecule has 154 valence electrons. The first-order chi connectivity index (χ1) is 14.4. The van der Waals surface area contributed by atoms with E-state index in [2.05, 4.69) is 10.4 Å². The van der Waals surface area contributed by atoms with Gasteiger partial charge in [-0.15, -0.1) is 5.01 Å². The van der Waals surface area contributed by atoms with Crippen LogP contribution in [-0.2, 0) is 10.3 Å². The number of hydrogen-bond acceptors (Lipinski definition) is 7. The van der Waals surface area contributed by atoms with E-state index < -0.39 is 17.5 Å². The molecule has 2 aromatic carbocycles. The van der Waals surface area contributed by atoms with Crippen molar-refractivity contribution in [3.8, 4) is 23.3 Å². The highest BCUT2D eigenvalue weighted by Crippen LogP contribution is 2.31. The van der Waals surface area contributed by atoms with E-state index in [-0.39, 0.29) is 6.61 Å². The molecular weight excluding hydrogens is 388 g/mol. The Morgan fingerprint density at radius 2 is 1.87 bits per heavy atom. The lowest BCUT2D eigenvalue weighted by atomic mass is 9.92. The molecule has 1 atom stereocenters. The van der Waals surface area contributed by atoms with Crippen LogP contribution in [0.25, 0.3) is 0 Å². The largest absolute Gasteiger partial charge is 0.497 e. The van der Waals surface area contributed by atoms with Gasteiger partial charge >= 0.3 is 6.03 Å². The van der Waals surface area contributed by atoms with Crippen molar-refractivity contribution < 1.29 is 23.8 Å². The molecule has 1 aliphatic rings. The fourth-order valence-electron chi connectivity index (χ4n) is 2.97. The average molecular weight is 408 g/mol. The molecule has 0 radical (unpaired) electrons. The summed E-state index contributed by atoms with van der Waals surface area (Å²) in [5, 5.41) is 16.2. The van der Waals surface area contributed by atoms with Crippen molar-refractivity contribution >= 4 is 18.2 Å². The first-order valence-electron chi connectivity index (χ1n) is 8.96. The number of amides is 3. The third-order valence-electron chi connectivity index (χ3n) is 4.64. The van der Waals surface area contributed by atoms with Crippen LogP contribution in [0.3, 0.4) is 0 Å². The molecular formula is C21H20N4O5. The summed E-state index contributed by atoms with van der Waals surface area (Å²) in [6.45, 7) is 1.51. The number of carbonyl (C=O) groups is 2. The Labute approximate surface area is 173 Å². The van der Waals surface area contributed by atoms with Crippen molar-refractivity contribution in [1.82, 2.24) is 10.3 Å². The maximum absolute atomic E-state index is 12.9. The van der Waals surface area contributed by atoms with Crippen LogP contribution < -0.4 is 19.5 Å². The van der Waals surface area contributed by atoms with Gasteiger partial charge in [0, 0.05) is 0 Å². The first kappa shape index (κ1) is 20.7. The van der Waals surface area contributed by atoms with Gasteiger partial charge in [-0.3, -0.25) is 4.79 Å². The molecule has 1 saturated heterocycles. The number of hydrazone groups is 1. The van der Waals surface area contributed by atoms with E-state index in [1.165, 1.54) is 13.3 Å². The molecule has 9 nitrogen and oxygen atoms in total. The van der Waals surface area contributed by atoms with Crippen molar-refractivity contribution in [2.45, 2.75) is 12.5 Å². The molecule has 9 heteroatoms. The van der Waals surface area contributed by atoms with Crippen LogP contribution in [0.1, 0.15) is 18.1 Å². The minimum Gasteiger partial charge on any atom is -0.497 e. The van der Waals surface area contributed by atoms with Crippen molar-refractivity contribution in [2.24, 2.45) is 5.10 Å². The van der Waals surface area contributed by atoms with E-state index >= 15 is 0 Å². The number of hydrogen-bond donors (Lipinski definition) is 1. The number of imide groups is 1. The number of ether oxygens (including phenoxy) is 3. The van der Waals surface area contributed by atoms with Crippen LogP contribution in [0.2, 0.25) is 0 Å². The summed E-state index contributed by atoms with van der Waals surface area (Å²) < 4.78 is 15.6. The van der Waals surface area contributed by atoms with Crippen LogP contribution in [0.5, 0.6) is 17.2 Å². The number of rotatable bonds is 7. The van der Waals surface area contributed by atoms with Gasteiger partial charge in [-0.25, -0.2) is 4.79 Å². The Morgan fingerprint density at radius 1 is 1.13 bits per heavy atom. The molecule has 30 heavy (non-hydrogen) atoms. The maximum atomic E-state index is 12.9. The lowest BCUT2D eigenvalue weighted by Gasteiger charge is -2.21. The summed E-state index contributed by atoms with van der Waals surface area (Å²) in [4.78, 5) is 25.3. The molecule has 2 aromatic rings. The van der Waals surface area contributed by atoms with E-state index in [9.17, 15) is 9.59 Å². The second kappa shape index (κ2) is 8.53. The van der Waals surface area contributed by atoms with E-state index in [0.717, 1.165) is 5.01 Å². The zero-order chi connectivity index (χ0) is 21.7. The molecule has 1 N–H and O–H groups in total. The summed E-state index contributed by atoms with van der Waals surface area (Å²) >= 11 is 0. The predicted molar refractivity (Wildman–Crippen MR) is 107 cm³/mol. The molecule has 0 aliphatic carbocycles. The molecule has 3 rings (SSSR count). The van der Waals surface area contributed by atoms with Gasteiger partial charge in [0.25, 0.3) is 5.91 Å². The number of benzene rings is 2. The Morgan fingerprint density at radius 3 is 2.50 bits per heavy atom. The Bertz CT molecular complexity index is 1030. The highest BCUT2D eigenvalue weighted by atomic mass is 16.5.